The Balaban J connectivity index is 0.000000435. The molecular weight excluding hydrogens is 676 g/mol. The second kappa shape index (κ2) is 15.7. The van der Waals surface area contributed by atoms with Gasteiger partial charge < -0.3 is 25.3 Å². The predicted octanol–water partition coefficient (Wildman–Crippen LogP) is 6.17. The molecule has 5 aromatic rings. The molecule has 1 unspecified atom stereocenters. The molecule has 0 spiro atoms. The first-order chi connectivity index (χ1) is 24.3. The van der Waals surface area contributed by atoms with Crippen LogP contribution in [0.15, 0.2) is 96.1 Å². The molecule has 1 atom stereocenters. The number of carboxylic acid groups (broad SMARTS) is 2. The van der Waals surface area contributed by atoms with Crippen molar-refractivity contribution in [2.24, 2.45) is 0 Å². The molecule has 1 saturated carbocycles. The number of aromatic nitrogens is 3. The van der Waals surface area contributed by atoms with Gasteiger partial charge in [-0.2, -0.15) is 5.10 Å². The lowest BCUT2D eigenvalue weighted by molar-refractivity contribution is -0.121. The van der Waals surface area contributed by atoms with Crippen LogP contribution in [0.2, 0.25) is 5.02 Å². The number of ketones is 2. The van der Waals surface area contributed by atoms with Gasteiger partial charge in [0.2, 0.25) is 0 Å². The number of hydrogen-bond donors (Lipinski definition) is 3. The fourth-order valence-corrected chi connectivity index (χ4v) is 5.67. The van der Waals surface area contributed by atoms with Crippen molar-refractivity contribution in [2.45, 2.75) is 44.7 Å². The van der Waals surface area contributed by atoms with E-state index in [4.69, 9.17) is 27.2 Å². The topological polar surface area (TPSA) is 184 Å². The summed E-state index contributed by atoms with van der Waals surface area (Å²) >= 11 is 6.23. The van der Waals surface area contributed by atoms with Gasteiger partial charge in [-0.3, -0.25) is 19.1 Å². The summed E-state index contributed by atoms with van der Waals surface area (Å²) in [6.45, 7) is 1.43. The Morgan fingerprint density at radius 1 is 0.922 bits per heavy atom. The van der Waals surface area contributed by atoms with E-state index >= 15 is 0 Å². The summed E-state index contributed by atoms with van der Waals surface area (Å²) in [5.74, 6) is -2.14. The average Bonchev–Trinajstić information content (AvgIpc) is 3.85. The van der Waals surface area contributed by atoms with Crippen LogP contribution in [-0.2, 0) is 17.6 Å². The van der Waals surface area contributed by atoms with E-state index in [0.717, 1.165) is 12.8 Å². The van der Waals surface area contributed by atoms with Crippen molar-refractivity contribution in [3.8, 4) is 16.9 Å². The van der Waals surface area contributed by atoms with Crippen LogP contribution >= 0.6 is 11.6 Å². The number of carboxylic acids is 2. The van der Waals surface area contributed by atoms with Gasteiger partial charge >= 0.3 is 11.9 Å². The monoisotopic (exact) mass is 710 g/mol. The van der Waals surface area contributed by atoms with Gasteiger partial charge in [0, 0.05) is 46.9 Å². The average molecular weight is 711 g/mol. The fraction of sp³-hybridized carbons (Fsp3) is 0.211. The number of ether oxygens (including phenoxy) is 1. The van der Waals surface area contributed by atoms with Gasteiger partial charge in [-0.05, 0) is 91.6 Å². The zero-order valence-electron chi connectivity index (χ0n) is 27.8. The minimum Gasteiger partial charge on any atom is -0.495 e. The highest BCUT2D eigenvalue weighted by molar-refractivity contribution is 6.31. The first-order valence-corrected chi connectivity index (χ1v) is 16.3. The number of methoxy groups -OCH3 is 1. The van der Waals surface area contributed by atoms with Gasteiger partial charge in [0.05, 0.1) is 36.2 Å². The quantitative estimate of drug-likeness (QED) is 0.0999. The molecule has 1 aliphatic rings. The van der Waals surface area contributed by atoms with Gasteiger partial charge in [-0.25, -0.2) is 9.59 Å². The fourth-order valence-electron chi connectivity index (χ4n) is 5.50. The molecule has 2 aromatic heterocycles. The van der Waals surface area contributed by atoms with Crippen molar-refractivity contribution < 1.29 is 34.1 Å². The minimum atomic E-state index is -1.06. The summed E-state index contributed by atoms with van der Waals surface area (Å²) in [5, 5.41) is 22.7. The molecule has 13 heteroatoms. The van der Waals surface area contributed by atoms with Crippen molar-refractivity contribution in [3.05, 3.63) is 135 Å². The van der Waals surface area contributed by atoms with Crippen LogP contribution in [0.1, 0.15) is 74.2 Å². The van der Waals surface area contributed by atoms with Crippen molar-refractivity contribution in [1.29, 1.82) is 0 Å². The van der Waals surface area contributed by atoms with Gasteiger partial charge in [0.25, 0.3) is 5.56 Å². The van der Waals surface area contributed by atoms with E-state index in [0.29, 0.717) is 50.4 Å². The molecule has 1 aliphatic carbocycles. The maximum absolute atomic E-state index is 13.8. The van der Waals surface area contributed by atoms with Crippen molar-refractivity contribution >= 4 is 40.8 Å². The number of halogens is 1. The lowest BCUT2D eigenvalue weighted by atomic mass is 9.96. The van der Waals surface area contributed by atoms with Gasteiger partial charge in [0.15, 0.2) is 11.6 Å². The molecule has 0 amide bonds. The third-order valence-corrected chi connectivity index (χ3v) is 8.58. The molecule has 0 aliphatic heterocycles. The molecule has 1 fully saturated rings. The summed E-state index contributed by atoms with van der Waals surface area (Å²) in [4.78, 5) is 61.2. The van der Waals surface area contributed by atoms with Gasteiger partial charge in [-0.1, -0.05) is 23.7 Å². The van der Waals surface area contributed by atoms with E-state index in [1.165, 1.54) is 55.1 Å². The maximum Gasteiger partial charge on any atom is 0.335 e. The maximum atomic E-state index is 13.8. The molecule has 0 radical (unpaired) electrons. The standard InChI is InChI=1S/C31H28ClN3O6.C7H7NO2/c1-18(36)24-10-7-21(32)14-25(24)26-16-30(38)34(17-29(26)41-2)27(15-22-11-12-35(33-22)23-8-9-23)28(37)13-19-3-5-20(6-4-19)31(39)40;8-6-3-1-5(2-4-6)7(9)10/h3-7,10-12,14,16-17,23,27H,8-9,13,15H2,1-2H3,(H,39,40);1-4H,8H2,(H,9,10). The summed E-state index contributed by atoms with van der Waals surface area (Å²) < 4.78 is 8.87. The molecule has 12 nitrogen and oxygen atoms in total. The van der Waals surface area contributed by atoms with E-state index in [2.05, 4.69) is 5.10 Å². The lowest BCUT2D eigenvalue weighted by Gasteiger charge is -2.21. The van der Waals surface area contributed by atoms with Crippen molar-refractivity contribution in [2.75, 3.05) is 12.8 Å². The second-order valence-corrected chi connectivity index (χ2v) is 12.5. The number of nitrogen functional groups attached to an aromatic ring is 1. The number of nitrogens with zero attached hydrogens (tertiary/aromatic N) is 3. The Bertz CT molecular complexity index is 2150. The van der Waals surface area contributed by atoms with Crippen molar-refractivity contribution in [3.63, 3.8) is 0 Å². The van der Waals surface area contributed by atoms with E-state index in [9.17, 15) is 29.1 Å². The van der Waals surface area contributed by atoms with E-state index < -0.39 is 23.5 Å². The lowest BCUT2D eigenvalue weighted by Crippen LogP contribution is -2.32. The number of aromatic carboxylic acids is 2. The number of carbonyl (C=O) groups excluding carboxylic acids is 2. The predicted molar refractivity (Wildman–Crippen MR) is 191 cm³/mol. The van der Waals surface area contributed by atoms with Crippen LogP contribution in [0, 0.1) is 0 Å². The molecule has 0 saturated heterocycles. The molecule has 262 valence electrons. The van der Waals surface area contributed by atoms with Crippen LogP contribution in [0.4, 0.5) is 5.69 Å². The molecule has 2 heterocycles. The highest BCUT2D eigenvalue weighted by Crippen LogP contribution is 2.35. The summed E-state index contributed by atoms with van der Waals surface area (Å²) in [7, 11) is 1.45. The van der Waals surface area contributed by atoms with Crippen LogP contribution in [0.25, 0.3) is 11.1 Å². The first kappa shape index (κ1) is 36.3. The van der Waals surface area contributed by atoms with Gasteiger partial charge in [0.1, 0.15) is 11.8 Å². The Kier molecular flexibility index (Phi) is 11.2. The number of benzene rings is 3. The minimum absolute atomic E-state index is 0.0207. The normalized spacial score (nSPS) is 12.7. The zero-order chi connectivity index (χ0) is 36.8. The van der Waals surface area contributed by atoms with E-state index in [-0.39, 0.29) is 35.5 Å². The van der Waals surface area contributed by atoms with Crippen LogP contribution in [-0.4, -0.2) is 55.2 Å². The Morgan fingerprint density at radius 3 is 2.12 bits per heavy atom. The van der Waals surface area contributed by atoms with Gasteiger partial charge in [-0.15, -0.1) is 0 Å². The Hall–Kier alpha value is -6.01. The SMILES string of the molecule is COc1cn(C(Cc2ccn(C3CC3)n2)C(=O)Cc2ccc(C(=O)O)cc2)c(=O)cc1-c1cc(Cl)ccc1C(C)=O.Nc1ccc(C(=O)O)cc1. The highest BCUT2D eigenvalue weighted by Gasteiger charge is 2.28. The second-order valence-electron chi connectivity index (χ2n) is 12.1. The molecule has 0 bridgehead atoms. The number of carbonyl (C=O) groups is 4. The number of rotatable bonds is 12. The summed E-state index contributed by atoms with van der Waals surface area (Å²) in [6.07, 6.45) is 5.63. The van der Waals surface area contributed by atoms with E-state index in [1.54, 1.807) is 42.5 Å². The summed E-state index contributed by atoms with van der Waals surface area (Å²) in [6, 6.07) is 19.6. The van der Waals surface area contributed by atoms with Crippen molar-refractivity contribution in [1.82, 2.24) is 14.3 Å². The zero-order valence-corrected chi connectivity index (χ0v) is 28.5. The smallest absolute Gasteiger partial charge is 0.335 e. The van der Waals surface area contributed by atoms with Crippen LogP contribution in [0.3, 0.4) is 0 Å². The number of hydrogen-bond acceptors (Lipinski definition) is 8. The Labute approximate surface area is 297 Å². The molecule has 6 rings (SSSR count). The number of nitrogens with two attached hydrogens (primary N) is 1. The molecule has 4 N–H and O–H groups in total. The molecule has 51 heavy (non-hydrogen) atoms. The largest absolute Gasteiger partial charge is 0.495 e. The third-order valence-electron chi connectivity index (χ3n) is 8.35. The number of pyridine rings is 1. The number of anilines is 1. The Morgan fingerprint density at radius 2 is 1.55 bits per heavy atom. The van der Waals surface area contributed by atoms with Crippen LogP contribution in [0.5, 0.6) is 5.75 Å². The number of Topliss-reactive ketones (excluding diaryl/α,β-unsaturated/α-hetero) is 2. The highest BCUT2D eigenvalue weighted by atomic mass is 35.5. The van der Waals surface area contributed by atoms with E-state index in [1.807, 2.05) is 16.9 Å². The third kappa shape index (κ3) is 8.97. The first-order valence-electron chi connectivity index (χ1n) is 15.9. The summed E-state index contributed by atoms with van der Waals surface area (Å²) in [5.41, 5.74) is 8.33. The van der Waals surface area contributed by atoms with Crippen LogP contribution < -0.4 is 16.0 Å². The molecular formula is C38H35ClN4O8. The molecule has 3 aromatic carbocycles.